The first-order chi connectivity index (χ1) is 7.65. The molecule has 88 valence electrons. The Morgan fingerprint density at radius 1 is 1.19 bits per heavy atom. The van der Waals surface area contributed by atoms with Crippen molar-refractivity contribution >= 4 is 0 Å². The van der Waals surface area contributed by atoms with E-state index >= 15 is 0 Å². The summed E-state index contributed by atoms with van der Waals surface area (Å²) >= 11 is 0. The van der Waals surface area contributed by atoms with Crippen LogP contribution in [-0.2, 0) is 13.0 Å². The van der Waals surface area contributed by atoms with Crippen LogP contribution in [0.3, 0.4) is 0 Å². The summed E-state index contributed by atoms with van der Waals surface area (Å²) < 4.78 is 0. The Balaban J connectivity index is 1.82. The first kappa shape index (κ1) is 11.7. The van der Waals surface area contributed by atoms with Gasteiger partial charge in [-0.1, -0.05) is 45.0 Å². The average Bonchev–Trinajstić information content (AvgIpc) is 2.93. The summed E-state index contributed by atoms with van der Waals surface area (Å²) in [6.45, 7) is 7.87. The molecule has 1 aromatic rings. The van der Waals surface area contributed by atoms with Crippen molar-refractivity contribution in [1.82, 2.24) is 5.32 Å². The van der Waals surface area contributed by atoms with E-state index in [0.29, 0.717) is 0 Å². The molecule has 1 nitrogen and oxygen atoms in total. The molecule has 0 aliphatic heterocycles. The summed E-state index contributed by atoms with van der Waals surface area (Å²) in [6.07, 6.45) is 2.54. The van der Waals surface area contributed by atoms with Gasteiger partial charge in [-0.3, -0.25) is 0 Å². The van der Waals surface area contributed by atoms with E-state index in [9.17, 15) is 0 Å². The minimum atomic E-state index is 0.747. The van der Waals surface area contributed by atoms with Crippen molar-refractivity contribution in [3.05, 3.63) is 35.4 Å². The van der Waals surface area contributed by atoms with Crippen LogP contribution in [-0.4, -0.2) is 6.04 Å². The lowest BCUT2D eigenvalue weighted by molar-refractivity contribution is 0.643. The fraction of sp³-hybridized carbons (Fsp3) is 0.600. The van der Waals surface area contributed by atoms with Gasteiger partial charge in [0.2, 0.25) is 0 Å². The van der Waals surface area contributed by atoms with Crippen molar-refractivity contribution in [3.8, 4) is 0 Å². The molecule has 1 saturated carbocycles. The number of hydrogen-bond donors (Lipinski definition) is 1. The molecule has 0 bridgehead atoms. The van der Waals surface area contributed by atoms with E-state index < -0.39 is 0 Å². The molecule has 2 unspecified atom stereocenters. The highest BCUT2D eigenvalue weighted by Crippen LogP contribution is 2.29. The maximum atomic E-state index is 3.58. The van der Waals surface area contributed by atoms with Crippen LogP contribution in [0.5, 0.6) is 0 Å². The second-order valence-electron chi connectivity index (χ2n) is 5.61. The first-order valence-corrected chi connectivity index (χ1v) is 6.46. The van der Waals surface area contributed by atoms with Crippen molar-refractivity contribution in [2.75, 3.05) is 0 Å². The summed E-state index contributed by atoms with van der Waals surface area (Å²) in [5, 5.41) is 3.58. The molecule has 0 spiro atoms. The number of nitrogens with one attached hydrogen (secondary N) is 1. The Morgan fingerprint density at radius 3 is 2.25 bits per heavy atom. The van der Waals surface area contributed by atoms with Gasteiger partial charge in [0.25, 0.3) is 0 Å². The Kier molecular flexibility index (Phi) is 3.65. The quantitative estimate of drug-likeness (QED) is 0.797. The standard InChI is InChI=1S/C15H23N/c1-11(2)8-13-4-6-14(7-5-13)10-16-15-9-12(15)3/h4-7,11-12,15-16H,8-10H2,1-3H3. The van der Waals surface area contributed by atoms with Crippen LogP contribution < -0.4 is 5.32 Å². The molecule has 1 aliphatic rings. The highest BCUT2D eigenvalue weighted by atomic mass is 15.0. The maximum absolute atomic E-state index is 3.58. The molecule has 1 N–H and O–H groups in total. The second kappa shape index (κ2) is 5.01. The minimum Gasteiger partial charge on any atom is -0.310 e. The molecule has 1 heteroatoms. The normalized spacial score (nSPS) is 23.8. The van der Waals surface area contributed by atoms with Gasteiger partial charge in [0.05, 0.1) is 0 Å². The van der Waals surface area contributed by atoms with E-state index in [4.69, 9.17) is 0 Å². The van der Waals surface area contributed by atoms with Crippen molar-refractivity contribution in [3.63, 3.8) is 0 Å². The third-order valence-corrected chi connectivity index (χ3v) is 3.34. The molecule has 0 amide bonds. The van der Waals surface area contributed by atoms with Gasteiger partial charge in [-0.25, -0.2) is 0 Å². The van der Waals surface area contributed by atoms with Gasteiger partial charge in [0, 0.05) is 12.6 Å². The fourth-order valence-corrected chi connectivity index (χ4v) is 2.12. The molecule has 0 radical (unpaired) electrons. The van der Waals surface area contributed by atoms with E-state index in [1.807, 2.05) is 0 Å². The van der Waals surface area contributed by atoms with E-state index in [1.165, 1.54) is 24.0 Å². The van der Waals surface area contributed by atoms with Crippen molar-refractivity contribution in [2.24, 2.45) is 11.8 Å². The molecule has 0 saturated heterocycles. The van der Waals surface area contributed by atoms with E-state index in [-0.39, 0.29) is 0 Å². The molecule has 1 aliphatic carbocycles. The average molecular weight is 217 g/mol. The van der Waals surface area contributed by atoms with E-state index in [1.54, 1.807) is 0 Å². The molecule has 0 aromatic heterocycles. The van der Waals surface area contributed by atoms with E-state index in [2.05, 4.69) is 50.4 Å². The molecular formula is C15H23N. The maximum Gasteiger partial charge on any atom is 0.0208 e. The Hall–Kier alpha value is -0.820. The number of hydrogen-bond acceptors (Lipinski definition) is 1. The predicted octanol–water partition coefficient (Wildman–Crippen LogP) is 3.38. The first-order valence-electron chi connectivity index (χ1n) is 6.46. The lowest BCUT2D eigenvalue weighted by Crippen LogP contribution is -2.16. The SMILES string of the molecule is CC(C)Cc1ccc(CNC2CC2C)cc1. The second-order valence-corrected chi connectivity index (χ2v) is 5.61. The summed E-state index contributed by atoms with van der Waals surface area (Å²) in [4.78, 5) is 0. The minimum absolute atomic E-state index is 0.747. The summed E-state index contributed by atoms with van der Waals surface area (Å²) in [6, 6.07) is 9.84. The number of benzene rings is 1. The van der Waals surface area contributed by atoms with E-state index in [0.717, 1.165) is 24.4 Å². The Morgan fingerprint density at radius 2 is 1.75 bits per heavy atom. The van der Waals surface area contributed by atoms with Crippen LogP contribution in [0.2, 0.25) is 0 Å². The molecule has 2 atom stereocenters. The largest absolute Gasteiger partial charge is 0.310 e. The monoisotopic (exact) mass is 217 g/mol. The Bertz CT molecular complexity index is 326. The van der Waals surface area contributed by atoms with Crippen LogP contribution in [0, 0.1) is 11.8 Å². The number of rotatable bonds is 5. The van der Waals surface area contributed by atoms with Crippen molar-refractivity contribution < 1.29 is 0 Å². The zero-order valence-electron chi connectivity index (χ0n) is 10.7. The lowest BCUT2D eigenvalue weighted by Gasteiger charge is -2.07. The van der Waals surface area contributed by atoms with Crippen LogP contribution in [0.25, 0.3) is 0 Å². The molecule has 2 rings (SSSR count). The van der Waals surface area contributed by atoms with Gasteiger partial charge in [-0.2, -0.15) is 0 Å². The Labute approximate surface area is 99.3 Å². The van der Waals surface area contributed by atoms with Crippen molar-refractivity contribution in [1.29, 1.82) is 0 Å². The highest BCUT2D eigenvalue weighted by Gasteiger charge is 2.31. The topological polar surface area (TPSA) is 12.0 Å². The highest BCUT2D eigenvalue weighted by molar-refractivity contribution is 5.23. The van der Waals surface area contributed by atoms with Crippen LogP contribution in [0.4, 0.5) is 0 Å². The summed E-state index contributed by atoms with van der Waals surface area (Å²) in [5.74, 6) is 1.64. The van der Waals surface area contributed by atoms with Crippen LogP contribution >= 0.6 is 0 Å². The zero-order chi connectivity index (χ0) is 11.5. The molecule has 0 heterocycles. The predicted molar refractivity (Wildman–Crippen MR) is 69.4 cm³/mol. The summed E-state index contributed by atoms with van der Waals surface area (Å²) in [5.41, 5.74) is 2.87. The molecular weight excluding hydrogens is 194 g/mol. The van der Waals surface area contributed by atoms with Gasteiger partial charge in [-0.05, 0) is 35.8 Å². The van der Waals surface area contributed by atoms with Gasteiger partial charge in [0.1, 0.15) is 0 Å². The van der Waals surface area contributed by atoms with Crippen LogP contribution in [0.1, 0.15) is 38.3 Å². The van der Waals surface area contributed by atoms with Crippen molar-refractivity contribution in [2.45, 2.75) is 46.2 Å². The molecule has 1 fully saturated rings. The van der Waals surface area contributed by atoms with Gasteiger partial charge in [0.15, 0.2) is 0 Å². The smallest absolute Gasteiger partial charge is 0.0208 e. The summed E-state index contributed by atoms with van der Waals surface area (Å²) in [7, 11) is 0. The fourth-order valence-electron chi connectivity index (χ4n) is 2.12. The van der Waals surface area contributed by atoms with Gasteiger partial charge in [-0.15, -0.1) is 0 Å². The lowest BCUT2D eigenvalue weighted by atomic mass is 10.0. The van der Waals surface area contributed by atoms with Gasteiger partial charge < -0.3 is 5.32 Å². The molecule has 16 heavy (non-hydrogen) atoms. The molecule has 1 aromatic carbocycles. The van der Waals surface area contributed by atoms with Gasteiger partial charge >= 0.3 is 0 Å². The third-order valence-electron chi connectivity index (χ3n) is 3.34. The zero-order valence-corrected chi connectivity index (χ0v) is 10.7. The van der Waals surface area contributed by atoms with Crippen LogP contribution in [0.15, 0.2) is 24.3 Å². The third kappa shape index (κ3) is 3.34.